The monoisotopic (exact) mass is 344 g/mol. The van der Waals surface area contributed by atoms with E-state index < -0.39 is 5.97 Å². The minimum Gasteiger partial charge on any atom is -0.484 e. The van der Waals surface area contributed by atoms with Gasteiger partial charge >= 0.3 is 5.97 Å². The summed E-state index contributed by atoms with van der Waals surface area (Å²) in [5.74, 6) is 0.447. The predicted molar refractivity (Wildman–Crippen MR) is 90.7 cm³/mol. The molecular weight excluding hydrogens is 324 g/mol. The molecule has 132 valence electrons. The Morgan fingerprint density at radius 2 is 1.88 bits per heavy atom. The number of aromatic nitrogens is 1. The van der Waals surface area contributed by atoms with Crippen LogP contribution in [0.25, 0.3) is 0 Å². The van der Waals surface area contributed by atoms with E-state index in [1.165, 1.54) is 0 Å². The number of benzene rings is 1. The van der Waals surface area contributed by atoms with E-state index in [-0.39, 0.29) is 25.0 Å². The lowest BCUT2D eigenvalue weighted by atomic mass is 10.2. The maximum absolute atomic E-state index is 11.8. The van der Waals surface area contributed by atoms with E-state index in [9.17, 15) is 9.59 Å². The summed E-state index contributed by atoms with van der Waals surface area (Å²) in [5, 5.41) is 11.3. The molecule has 25 heavy (non-hydrogen) atoms. The number of carbonyl (C=O) groups excluding carboxylic acids is 1. The van der Waals surface area contributed by atoms with Crippen molar-refractivity contribution in [3.63, 3.8) is 0 Å². The Morgan fingerprint density at radius 1 is 1.16 bits per heavy atom. The minimum absolute atomic E-state index is 0.0139. The summed E-state index contributed by atoms with van der Waals surface area (Å²) in [6.45, 7) is 1.61. The number of carboxylic acids is 1. The molecule has 0 aliphatic heterocycles. The summed E-state index contributed by atoms with van der Waals surface area (Å²) in [7, 11) is 0. The van der Waals surface area contributed by atoms with Crippen LogP contribution in [0.1, 0.15) is 19.8 Å². The first-order chi connectivity index (χ1) is 12.0. The second-order valence-electron chi connectivity index (χ2n) is 5.43. The largest absolute Gasteiger partial charge is 0.484 e. The summed E-state index contributed by atoms with van der Waals surface area (Å²) in [5.41, 5.74) is 0. The third-order valence-electron chi connectivity index (χ3n) is 3.25. The Hall–Kier alpha value is -3.09. The van der Waals surface area contributed by atoms with Crippen molar-refractivity contribution >= 4 is 11.9 Å². The SMILES string of the molecule is CC(CCC(=O)O)NC(=O)COc1ccc(Oc2ccccn2)cc1. The number of pyridine rings is 1. The van der Waals surface area contributed by atoms with Gasteiger partial charge in [0.2, 0.25) is 5.88 Å². The first kappa shape index (κ1) is 18.3. The Morgan fingerprint density at radius 3 is 2.52 bits per heavy atom. The number of nitrogens with zero attached hydrogens (tertiary/aromatic N) is 1. The van der Waals surface area contributed by atoms with Gasteiger partial charge in [-0.15, -0.1) is 0 Å². The maximum Gasteiger partial charge on any atom is 0.303 e. The number of rotatable bonds is 9. The molecule has 2 rings (SSSR count). The summed E-state index contributed by atoms with van der Waals surface area (Å²) >= 11 is 0. The van der Waals surface area contributed by atoms with Crippen molar-refractivity contribution in [3.05, 3.63) is 48.7 Å². The molecule has 2 aromatic rings. The van der Waals surface area contributed by atoms with Gasteiger partial charge in [0.05, 0.1) is 0 Å². The Bertz CT molecular complexity index is 688. The molecule has 1 heterocycles. The Kier molecular flexibility index (Phi) is 6.76. The lowest BCUT2D eigenvalue weighted by molar-refractivity contribution is -0.137. The fourth-order valence-corrected chi connectivity index (χ4v) is 2.01. The van der Waals surface area contributed by atoms with Crippen molar-refractivity contribution < 1.29 is 24.2 Å². The summed E-state index contributed by atoms with van der Waals surface area (Å²) in [4.78, 5) is 26.3. The second-order valence-corrected chi connectivity index (χ2v) is 5.43. The third-order valence-corrected chi connectivity index (χ3v) is 3.25. The molecule has 0 fully saturated rings. The molecule has 0 aliphatic rings. The molecule has 7 heteroatoms. The van der Waals surface area contributed by atoms with Gasteiger partial charge in [0.15, 0.2) is 6.61 Å². The Labute approximate surface area is 145 Å². The standard InChI is InChI=1S/C18H20N2O5/c1-13(5-10-18(22)23)20-16(21)12-24-14-6-8-15(9-7-14)25-17-4-2-3-11-19-17/h2-4,6-9,11,13H,5,10,12H2,1H3,(H,20,21)(H,22,23). The van der Waals surface area contributed by atoms with Gasteiger partial charge < -0.3 is 19.9 Å². The van der Waals surface area contributed by atoms with Crippen molar-refractivity contribution in [1.82, 2.24) is 10.3 Å². The number of amides is 1. The van der Waals surface area contributed by atoms with Crippen LogP contribution in [0.5, 0.6) is 17.4 Å². The molecule has 1 aromatic heterocycles. The lowest BCUT2D eigenvalue weighted by Gasteiger charge is -2.13. The van der Waals surface area contributed by atoms with Gasteiger partial charge in [-0.05, 0) is 43.7 Å². The highest BCUT2D eigenvalue weighted by atomic mass is 16.5. The van der Waals surface area contributed by atoms with E-state index in [2.05, 4.69) is 10.3 Å². The number of aliphatic carboxylic acids is 1. The number of hydrogen-bond donors (Lipinski definition) is 2. The van der Waals surface area contributed by atoms with E-state index in [0.717, 1.165) is 0 Å². The predicted octanol–water partition coefficient (Wildman–Crippen LogP) is 2.62. The van der Waals surface area contributed by atoms with Crippen LogP contribution in [-0.4, -0.2) is 34.6 Å². The number of ether oxygens (including phenoxy) is 2. The molecule has 0 saturated carbocycles. The zero-order valence-corrected chi connectivity index (χ0v) is 13.8. The van der Waals surface area contributed by atoms with Crippen LogP contribution in [0.3, 0.4) is 0 Å². The quantitative estimate of drug-likeness (QED) is 0.726. The minimum atomic E-state index is -0.884. The highest BCUT2D eigenvalue weighted by molar-refractivity contribution is 5.77. The zero-order chi connectivity index (χ0) is 18.1. The van der Waals surface area contributed by atoms with Crippen LogP contribution in [0.15, 0.2) is 48.7 Å². The molecule has 2 N–H and O–H groups in total. The van der Waals surface area contributed by atoms with Gasteiger partial charge in [0.25, 0.3) is 5.91 Å². The average molecular weight is 344 g/mol. The molecule has 0 aliphatic carbocycles. The molecule has 7 nitrogen and oxygen atoms in total. The highest BCUT2D eigenvalue weighted by Crippen LogP contribution is 2.22. The van der Waals surface area contributed by atoms with E-state index in [1.807, 2.05) is 6.07 Å². The summed E-state index contributed by atoms with van der Waals surface area (Å²) < 4.78 is 11.0. The van der Waals surface area contributed by atoms with Gasteiger partial charge in [-0.25, -0.2) is 4.98 Å². The number of carbonyl (C=O) groups is 2. The normalized spacial score (nSPS) is 11.4. The first-order valence-electron chi connectivity index (χ1n) is 7.86. The lowest BCUT2D eigenvalue weighted by Crippen LogP contribution is -2.36. The molecule has 1 amide bonds. The third kappa shape index (κ3) is 6.90. The number of carboxylic acid groups (broad SMARTS) is 1. The molecule has 0 bridgehead atoms. The second kappa shape index (κ2) is 9.27. The van der Waals surface area contributed by atoms with Crippen molar-refractivity contribution in [2.24, 2.45) is 0 Å². The van der Waals surface area contributed by atoms with Crippen LogP contribution in [0, 0.1) is 0 Å². The highest BCUT2D eigenvalue weighted by Gasteiger charge is 2.10. The van der Waals surface area contributed by atoms with Crippen LogP contribution in [0.4, 0.5) is 0 Å². The maximum atomic E-state index is 11.8. The van der Waals surface area contributed by atoms with Crippen LogP contribution >= 0.6 is 0 Å². The molecule has 0 spiro atoms. The van der Waals surface area contributed by atoms with Gasteiger partial charge in [0.1, 0.15) is 11.5 Å². The van der Waals surface area contributed by atoms with Crippen LogP contribution in [0.2, 0.25) is 0 Å². The van der Waals surface area contributed by atoms with Crippen molar-refractivity contribution in [2.45, 2.75) is 25.8 Å². The molecule has 1 atom stereocenters. The molecule has 1 aromatic carbocycles. The fourth-order valence-electron chi connectivity index (χ4n) is 2.01. The first-order valence-corrected chi connectivity index (χ1v) is 7.86. The number of hydrogen-bond acceptors (Lipinski definition) is 5. The van der Waals surface area contributed by atoms with E-state index in [4.69, 9.17) is 14.6 Å². The zero-order valence-electron chi connectivity index (χ0n) is 13.8. The molecule has 1 unspecified atom stereocenters. The Balaban J connectivity index is 1.75. The summed E-state index contributed by atoms with van der Waals surface area (Å²) in [6, 6.07) is 12.0. The molecule has 0 saturated heterocycles. The van der Waals surface area contributed by atoms with Crippen LogP contribution < -0.4 is 14.8 Å². The summed E-state index contributed by atoms with van der Waals surface area (Å²) in [6.07, 6.45) is 2.03. The van der Waals surface area contributed by atoms with Crippen molar-refractivity contribution in [1.29, 1.82) is 0 Å². The van der Waals surface area contributed by atoms with Crippen molar-refractivity contribution in [3.8, 4) is 17.4 Å². The number of nitrogens with one attached hydrogen (secondary N) is 1. The molecule has 0 radical (unpaired) electrons. The smallest absolute Gasteiger partial charge is 0.303 e. The van der Waals surface area contributed by atoms with Crippen molar-refractivity contribution in [2.75, 3.05) is 6.61 Å². The van der Waals surface area contributed by atoms with E-state index in [1.54, 1.807) is 49.5 Å². The van der Waals surface area contributed by atoms with Gasteiger partial charge in [-0.1, -0.05) is 6.07 Å². The average Bonchev–Trinajstić information content (AvgIpc) is 2.60. The van der Waals surface area contributed by atoms with Gasteiger partial charge in [0, 0.05) is 24.7 Å². The van der Waals surface area contributed by atoms with E-state index in [0.29, 0.717) is 23.8 Å². The van der Waals surface area contributed by atoms with Gasteiger partial charge in [-0.2, -0.15) is 0 Å². The molecular formula is C18H20N2O5. The van der Waals surface area contributed by atoms with E-state index >= 15 is 0 Å². The fraction of sp³-hybridized carbons (Fsp3) is 0.278. The topological polar surface area (TPSA) is 97.8 Å². The van der Waals surface area contributed by atoms with Gasteiger partial charge in [-0.3, -0.25) is 9.59 Å². The van der Waals surface area contributed by atoms with Crippen LogP contribution in [-0.2, 0) is 9.59 Å².